The van der Waals surface area contributed by atoms with E-state index in [1.165, 1.54) is 0 Å². The van der Waals surface area contributed by atoms with Gasteiger partial charge in [0.2, 0.25) is 0 Å². The van der Waals surface area contributed by atoms with Gasteiger partial charge in [-0.05, 0) is 0 Å². The zero-order chi connectivity index (χ0) is 8.27. The number of rotatable bonds is 1. The van der Waals surface area contributed by atoms with Gasteiger partial charge in [-0.1, -0.05) is 0 Å². The maximum absolute atomic E-state index is 5.83. The summed E-state index contributed by atoms with van der Waals surface area (Å²) in [7, 11) is 11.7. The molecule has 3 heteroatoms. The van der Waals surface area contributed by atoms with Gasteiger partial charge < -0.3 is 0 Å². The van der Waals surface area contributed by atoms with E-state index in [0.29, 0.717) is 0 Å². The second-order valence-corrected chi connectivity index (χ2v) is 8.25. The van der Waals surface area contributed by atoms with E-state index in [4.69, 9.17) is 19.4 Å². The Morgan fingerprint density at radius 3 is 2.18 bits per heavy atom. The summed E-state index contributed by atoms with van der Waals surface area (Å²) in [5.74, 6) is 0. The number of halogens is 2. The van der Waals surface area contributed by atoms with Crippen molar-refractivity contribution in [2.75, 3.05) is 0 Å². The molecule has 0 saturated carbocycles. The molecule has 62 valence electrons. The SMILES string of the molecule is C[C](c1ccccc1)=[Ru]([Cl])[Cl]. The van der Waals surface area contributed by atoms with Gasteiger partial charge in [0, 0.05) is 0 Å². The number of hydrogen-bond acceptors (Lipinski definition) is 0. The first-order valence-corrected chi connectivity index (χ1v) is 8.45. The standard InChI is InChI=1S/C8H8.2ClH.Ru/c1-2-8-6-4-3-5-7-8;;;/h3-7H,1H3;2*1H;/q;;;+2/p-2. The van der Waals surface area contributed by atoms with Crippen LogP contribution in [0.1, 0.15) is 12.5 Å². The molecule has 0 aliphatic rings. The van der Waals surface area contributed by atoms with E-state index in [1.807, 2.05) is 37.3 Å². The molecule has 0 aromatic heterocycles. The number of hydrogen-bond donors (Lipinski definition) is 0. The van der Waals surface area contributed by atoms with Crippen LogP contribution in [-0.2, 0) is 13.5 Å². The van der Waals surface area contributed by atoms with Crippen molar-refractivity contribution in [3.63, 3.8) is 0 Å². The fourth-order valence-corrected chi connectivity index (χ4v) is 2.32. The van der Waals surface area contributed by atoms with Crippen LogP contribution in [0.15, 0.2) is 30.3 Å². The Morgan fingerprint density at radius 1 is 1.18 bits per heavy atom. The maximum atomic E-state index is 5.83. The Kier molecular flexibility index (Phi) is 3.71. The molecule has 0 radical (unpaired) electrons. The fourth-order valence-electron chi connectivity index (χ4n) is 0.741. The van der Waals surface area contributed by atoms with Gasteiger partial charge in [0.15, 0.2) is 0 Å². The zero-order valence-corrected chi connectivity index (χ0v) is 9.25. The molecule has 1 aromatic carbocycles. The van der Waals surface area contributed by atoms with Gasteiger partial charge in [-0.25, -0.2) is 0 Å². The van der Waals surface area contributed by atoms with E-state index in [0.717, 1.165) is 9.67 Å². The average Bonchev–Trinajstić information content (AvgIpc) is 2.05. The van der Waals surface area contributed by atoms with Crippen molar-refractivity contribution in [1.82, 2.24) is 0 Å². The first-order valence-electron chi connectivity index (χ1n) is 3.10. The van der Waals surface area contributed by atoms with E-state index in [-0.39, 0.29) is 0 Å². The summed E-state index contributed by atoms with van der Waals surface area (Å²) >= 11 is -1.67. The predicted molar refractivity (Wildman–Crippen MR) is 47.9 cm³/mol. The molecule has 1 rings (SSSR count). The van der Waals surface area contributed by atoms with Crippen LogP contribution in [0.4, 0.5) is 0 Å². The van der Waals surface area contributed by atoms with E-state index < -0.39 is 13.5 Å². The third kappa shape index (κ3) is 2.67. The van der Waals surface area contributed by atoms with Crippen LogP contribution in [0.2, 0.25) is 0 Å². The van der Waals surface area contributed by atoms with Gasteiger partial charge in [-0.3, -0.25) is 0 Å². The summed E-state index contributed by atoms with van der Waals surface area (Å²) < 4.78 is 1.14. The molecular weight excluding hydrogens is 268 g/mol. The molecule has 0 heterocycles. The molecule has 0 N–H and O–H groups in total. The topological polar surface area (TPSA) is 0 Å². The second-order valence-electron chi connectivity index (χ2n) is 2.07. The molecule has 0 spiro atoms. The van der Waals surface area contributed by atoms with E-state index in [1.54, 1.807) is 0 Å². The van der Waals surface area contributed by atoms with Gasteiger partial charge in [0.1, 0.15) is 0 Å². The molecule has 0 atom stereocenters. The summed E-state index contributed by atoms with van der Waals surface area (Å²) in [5.41, 5.74) is 1.16. The second kappa shape index (κ2) is 4.35. The van der Waals surface area contributed by atoms with E-state index in [2.05, 4.69) is 0 Å². The molecule has 0 aliphatic heterocycles. The quantitative estimate of drug-likeness (QED) is 0.691. The minimum atomic E-state index is -1.67. The first-order chi connectivity index (χ1) is 5.22. The molecule has 0 saturated heterocycles. The van der Waals surface area contributed by atoms with Gasteiger partial charge in [-0.15, -0.1) is 0 Å². The van der Waals surface area contributed by atoms with Crippen LogP contribution in [0.25, 0.3) is 0 Å². The van der Waals surface area contributed by atoms with Crippen molar-refractivity contribution in [1.29, 1.82) is 0 Å². The van der Waals surface area contributed by atoms with Gasteiger partial charge >= 0.3 is 79.8 Å². The van der Waals surface area contributed by atoms with Crippen LogP contribution in [0.3, 0.4) is 0 Å². The van der Waals surface area contributed by atoms with Crippen LogP contribution in [0.5, 0.6) is 0 Å². The van der Waals surface area contributed by atoms with Gasteiger partial charge in [0.05, 0.1) is 0 Å². The minimum absolute atomic E-state index is 1.14. The molecule has 0 fully saturated rings. The zero-order valence-electron chi connectivity index (χ0n) is 6.00. The fraction of sp³-hybridized carbons (Fsp3) is 0.125. The van der Waals surface area contributed by atoms with Crippen molar-refractivity contribution in [3.8, 4) is 0 Å². The molecule has 0 unspecified atom stereocenters. The Bertz CT molecular complexity index is 263. The van der Waals surface area contributed by atoms with Crippen molar-refractivity contribution >= 4 is 23.5 Å². The normalized spacial score (nSPS) is 11.0. The van der Waals surface area contributed by atoms with Crippen LogP contribution in [-0.4, -0.2) is 4.11 Å². The summed E-state index contributed by atoms with van der Waals surface area (Å²) in [5, 5.41) is 0. The van der Waals surface area contributed by atoms with Gasteiger partial charge in [-0.2, -0.15) is 0 Å². The summed E-state index contributed by atoms with van der Waals surface area (Å²) in [6, 6.07) is 10.0. The van der Waals surface area contributed by atoms with Gasteiger partial charge in [0.25, 0.3) is 0 Å². The first kappa shape index (κ1) is 9.38. The van der Waals surface area contributed by atoms with Crippen molar-refractivity contribution in [2.45, 2.75) is 6.92 Å². The summed E-state index contributed by atoms with van der Waals surface area (Å²) in [6.45, 7) is 1.99. The predicted octanol–water partition coefficient (Wildman–Crippen LogP) is 3.15. The Morgan fingerprint density at radius 2 is 1.73 bits per heavy atom. The summed E-state index contributed by atoms with van der Waals surface area (Å²) in [4.78, 5) is 0. The molecule has 0 amide bonds. The molecule has 0 aliphatic carbocycles. The van der Waals surface area contributed by atoms with Crippen molar-refractivity contribution < 1.29 is 13.5 Å². The van der Waals surface area contributed by atoms with Crippen LogP contribution in [0, 0.1) is 0 Å². The molecular formula is C8H8Cl2Ru. The molecule has 1 aromatic rings. The van der Waals surface area contributed by atoms with E-state index >= 15 is 0 Å². The van der Waals surface area contributed by atoms with E-state index in [9.17, 15) is 0 Å². The third-order valence-corrected chi connectivity index (χ3v) is 5.22. The summed E-state index contributed by atoms with van der Waals surface area (Å²) in [6.07, 6.45) is 0. The Labute approximate surface area is 79.6 Å². The van der Waals surface area contributed by atoms with Crippen LogP contribution >= 0.6 is 19.4 Å². The molecule has 11 heavy (non-hydrogen) atoms. The third-order valence-electron chi connectivity index (χ3n) is 1.36. The average molecular weight is 276 g/mol. The van der Waals surface area contributed by atoms with Crippen molar-refractivity contribution in [3.05, 3.63) is 35.9 Å². The molecule has 0 bridgehead atoms. The monoisotopic (exact) mass is 276 g/mol. The van der Waals surface area contributed by atoms with Crippen molar-refractivity contribution in [2.24, 2.45) is 0 Å². The van der Waals surface area contributed by atoms with Crippen LogP contribution < -0.4 is 0 Å². The number of benzene rings is 1. The Hall–Kier alpha value is 0.293. The Balaban J connectivity index is 3.04. The molecule has 0 nitrogen and oxygen atoms in total.